The molecular weight excluding hydrogens is 502 g/mol. The summed E-state index contributed by atoms with van der Waals surface area (Å²) in [5.74, 6) is 0. The van der Waals surface area contributed by atoms with Gasteiger partial charge in [-0.15, -0.1) is 0 Å². The number of hydrogen-bond donors (Lipinski definition) is 1. The lowest BCUT2D eigenvalue weighted by atomic mass is 9.96. The first kappa shape index (κ1) is 22.3. The van der Waals surface area contributed by atoms with Gasteiger partial charge in [0.15, 0.2) is 0 Å². The quantitative estimate of drug-likeness (QED) is 0.236. The van der Waals surface area contributed by atoms with Crippen molar-refractivity contribution >= 4 is 38.1 Å². The van der Waals surface area contributed by atoms with Crippen LogP contribution < -0.4 is 5.32 Å². The van der Waals surface area contributed by atoms with Crippen LogP contribution in [0.3, 0.4) is 0 Å². The van der Waals surface area contributed by atoms with Crippen LogP contribution in [0.5, 0.6) is 0 Å². The SMILES string of the molecule is Brc1ccc(-c2ccc(Nc3c(-c4ccc(-c5ccccc5)cc4)ccc4ccccc34)cc2)cc1. The topological polar surface area (TPSA) is 12.0 Å². The van der Waals surface area contributed by atoms with Gasteiger partial charge in [-0.05, 0) is 57.5 Å². The highest BCUT2D eigenvalue weighted by Crippen LogP contribution is 2.38. The smallest absolute Gasteiger partial charge is 0.0543 e. The molecule has 0 fully saturated rings. The van der Waals surface area contributed by atoms with Gasteiger partial charge in [-0.2, -0.15) is 0 Å². The van der Waals surface area contributed by atoms with E-state index in [9.17, 15) is 0 Å². The van der Waals surface area contributed by atoms with E-state index >= 15 is 0 Å². The summed E-state index contributed by atoms with van der Waals surface area (Å²) in [4.78, 5) is 0. The molecule has 0 aromatic heterocycles. The van der Waals surface area contributed by atoms with E-state index in [4.69, 9.17) is 0 Å². The lowest BCUT2D eigenvalue weighted by Gasteiger charge is -2.16. The number of fused-ring (bicyclic) bond motifs is 1. The normalized spacial score (nSPS) is 10.9. The molecule has 0 saturated carbocycles. The molecule has 0 heterocycles. The Kier molecular flexibility index (Phi) is 6.11. The largest absolute Gasteiger partial charge is 0.355 e. The first-order valence-corrected chi connectivity index (χ1v) is 12.8. The third-order valence-corrected chi connectivity index (χ3v) is 7.09. The van der Waals surface area contributed by atoms with Crippen LogP contribution in [0, 0.1) is 0 Å². The van der Waals surface area contributed by atoms with Crippen LogP contribution in [0.2, 0.25) is 0 Å². The molecule has 0 atom stereocenters. The molecule has 1 N–H and O–H groups in total. The Bertz CT molecular complexity index is 1620. The standard InChI is InChI=1S/C34H24BrN/c35-30-19-14-26(15-20-30)27-16-21-31(22-17-27)36-34-32-9-5-4-8-28(32)18-23-33(34)29-12-10-25(11-13-29)24-6-2-1-3-7-24/h1-23,36H. The Morgan fingerprint density at radius 3 is 1.64 bits per heavy atom. The Morgan fingerprint density at radius 1 is 0.417 bits per heavy atom. The van der Waals surface area contributed by atoms with Crippen LogP contribution in [0.25, 0.3) is 44.2 Å². The van der Waals surface area contributed by atoms with Crippen molar-refractivity contribution in [1.29, 1.82) is 0 Å². The van der Waals surface area contributed by atoms with E-state index in [1.165, 1.54) is 44.2 Å². The average molecular weight is 526 g/mol. The van der Waals surface area contributed by atoms with Gasteiger partial charge in [-0.1, -0.05) is 131 Å². The highest BCUT2D eigenvalue weighted by atomic mass is 79.9. The number of anilines is 2. The number of rotatable bonds is 5. The Hall–Kier alpha value is -4.14. The van der Waals surface area contributed by atoms with E-state index in [1.807, 2.05) is 0 Å². The van der Waals surface area contributed by atoms with E-state index in [2.05, 4.69) is 161 Å². The van der Waals surface area contributed by atoms with Crippen LogP contribution in [0.15, 0.2) is 144 Å². The van der Waals surface area contributed by atoms with Crippen LogP contribution >= 0.6 is 15.9 Å². The van der Waals surface area contributed by atoms with Crippen molar-refractivity contribution in [1.82, 2.24) is 0 Å². The van der Waals surface area contributed by atoms with Crippen LogP contribution in [-0.2, 0) is 0 Å². The maximum atomic E-state index is 3.74. The molecule has 0 saturated heterocycles. The van der Waals surface area contributed by atoms with Crippen LogP contribution in [0.4, 0.5) is 11.4 Å². The Morgan fingerprint density at radius 2 is 0.944 bits per heavy atom. The van der Waals surface area contributed by atoms with E-state index < -0.39 is 0 Å². The zero-order chi connectivity index (χ0) is 24.3. The van der Waals surface area contributed by atoms with Gasteiger partial charge in [0.1, 0.15) is 0 Å². The summed E-state index contributed by atoms with van der Waals surface area (Å²) >= 11 is 3.52. The second kappa shape index (κ2) is 9.85. The highest BCUT2D eigenvalue weighted by molar-refractivity contribution is 9.10. The zero-order valence-electron chi connectivity index (χ0n) is 19.7. The van der Waals surface area contributed by atoms with Gasteiger partial charge in [0.05, 0.1) is 5.69 Å². The number of halogens is 1. The van der Waals surface area contributed by atoms with E-state index in [0.717, 1.165) is 15.8 Å². The average Bonchev–Trinajstić information content (AvgIpc) is 2.95. The fourth-order valence-electron chi connectivity index (χ4n) is 4.65. The predicted octanol–water partition coefficient (Wildman–Crippen LogP) is 10.3. The predicted molar refractivity (Wildman–Crippen MR) is 158 cm³/mol. The third kappa shape index (κ3) is 4.56. The van der Waals surface area contributed by atoms with Gasteiger partial charge in [0, 0.05) is 21.1 Å². The summed E-state index contributed by atoms with van der Waals surface area (Å²) in [5.41, 5.74) is 9.41. The molecule has 0 bridgehead atoms. The lowest BCUT2D eigenvalue weighted by molar-refractivity contribution is 1.54. The Balaban J connectivity index is 1.37. The van der Waals surface area contributed by atoms with Crippen molar-refractivity contribution in [2.45, 2.75) is 0 Å². The molecule has 1 nitrogen and oxygen atoms in total. The molecule has 0 unspecified atom stereocenters. The summed E-state index contributed by atoms with van der Waals surface area (Å²) in [7, 11) is 0. The van der Waals surface area contributed by atoms with Gasteiger partial charge < -0.3 is 5.32 Å². The number of nitrogens with one attached hydrogen (secondary N) is 1. The van der Waals surface area contributed by atoms with Crippen LogP contribution in [-0.4, -0.2) is 0 Å². The van der Waals surface area contributed by atoms with Crippen molar-refractivity contribution in [2.24, 2.45) is 0 Å². The van der Waals surface area contributed by atoms with Crippen LogP contribution in [0.1, 0.15) is 0 Å². The number of benzene rings is 6. The minimum atomic E-state index is 1.06. The molecule has 0 amide bonds. The van der Waals surface area contributed by atoms with E-state index in [1.54, 1.807) is 0 Å². The molecule has 0 aliphatic heterocycles. The summed E-state index contributed by atoms with van der Waals surface area (Å²) < 4.78 is 1.09. The molecule has 172 valence electrons. The maximum Gasteiger partial charge on any atom is 0.0543 e. The van der Waals surface area contributed by atoms with Gasteiger partial charge in [0.2, 0.25) is 0 Å². The first-order valence-electron chi connectivity index (χ1n) is 12.1. The highest BCUT2D eigenvalue weighted by Gasteiger charge is 2.11. The van der Waals surface area contributed by atoms with Gasteiger partial charge in [0.25, 0.3) is 0 Å². The molecule has 36 heavy (non-hydrogen) atoms. The van der Waals surface area contributed by atoms with Gasteiger partial charge >= 0.3 is 0 Å². The molecule has 0 radical (unpaired) electrons. The first-order chi connectivity index (χ1) is 17.7. The summed E-state index contributed by atoms with van der Waals surface area (Å²) in [6.45, 7) is 0. The van der Waals surface area contributed by atoms with E-state index in [0.29, 0.717) is 0 Å². The second-order valence-electron chi connectivity index (χ2n) is 8.86. The number of hydrogen-bond acceptors (Lipinski definition) is 1. The Labute approximate surface area is 220 Å². The molecule has 0 aliphatic carbocycles. The molecule has 0 aliphatic rings. The lowest BCUT2D eigenvalue weighted by Crippen LogP contribution is -1.95. The molecule has 2 heteroatoms. The van der Waals surface area contributed by atoms with Gasteiger partial charge in [-0.3, -0.25) is 0 Å². The van der Waals surface area contributed by atoms with Crippen molar-refractivity contribution < 1.29 is 0 Å². The van der Waals surface area contributed by atoms with Crippen molar-refractivity contribution in [3.63, 3.8) is 0 Å². The van der Waals surface area contributed by atoms with Crippen molar-refractivity contribution in [3.8, 4) is 33.4 Å². The van der Waals surface area contributed by atoms with Crippen molar-refractivity contribution in [2.75, 3.05) is 5.32 Å². The molecule has 6 aromatic rings. The van der Waals surface area contributed by atoms with Gasteiger partial charge in [-0.25, -0.2) is 0 Å². The fourth-order valence-corrected chi connectivity index (χ4v) is 4.92. The minimum Gasteiger partial charge on any atom is -0.355 e. The monoisotopic (exact) mass is 525 g/mol. The molecule has 6 aromatic carbocycles. The minimum absolute atomic E-state index is 1.06. The fraction of sp³-hybridized carbons (Fsp3) is 0. The molecule has 0 spiro atoms. The molecule has 6 rings (SSSR count). The maximum absolute atomic E-state index is 3.74. The van der Waals surface area contributed by atoms with Crippen molar-refractivity contribution in [3.05, 3.63) is 144 Å². The molecular formula is C34H24BrN. The zero-order valence-corrected chi connectivity index (χ0v) is 21.2. The summed E-state index contributed by atoms with van der Waals surface area (Å²) in [6.07, 6.45) is 0. The summed E-state index contributed by atoms with van der Waals surface area (Å²) in [6, 6.07) is 49.4. The third-order valence-electron chi connectivity index (χ3n) is 6.56. The second-order valence-corrected chi connectivity index (χ2v) is 9.78. The summed E-state index contributed by atoms with van der Waals surface area (Å²) in [5, 5.41) is 6.17. The van der Waals surface area contributed by atoms with E-state index in [-0.39, 0.29) is 0 Å².